The number of hydrogen-bond donors (Lipinski definition) is 1. The molecule has 3 aromatic rings. The number of nitrogens with zero attached hydrogens (tertiary/aromatic N) is 2. The van der Waals surface area contributed by atoms with Gasteiger partial charge in [0.25, 0.3) is 0 Å². The van der Waals surface area contributed by atoms with Crippen molar-refractivity contribution in [3.63, 3.8) is 0 Å². The van der Waals surface area contributed by atoms with E-state index < -0.39 is 0 Å². The van der Waals surface area contributed by atoms with Gasteiger partial charge in [0.05, 0.1) is 30.4 Å². The maximum Gasteiger partial charge on any atom is 0.178 e. The average molecular weight is 271 g/mol. The van der Waals surface area contributed by atoms with E-state index in [9.17, 15) is 0 Å². The fourth-order valence-electron chi connectivity index (χ4n) is 2.07. The van der Waals surface area contributed by atoms with Gasteiger partial charge in [0, 0.05) is 12.3 Å². The van der Waals surface area contributed by atoms with Crippen molar-refractivity contribution in [2.24, 2.45) is 0 Å². The summed E-state index contributed by atoms with van der Waals surface area (Å²) in [4.78, 5) is 7.52. The minimum absolute atomic E-state index is 0.646. The molecular weight excluding hydrogens is 258 g/mol. The van der Waals surface area contributed by atoms with Crippen LogP contribution in [0.15, 0.2) is 42.6 Å². The molecule has 4 nitrogen and oxygen atoms in total. The monoisotopic (exact) mass is 271 g/mol. The first-order valence-electron chi connectivity index (χ1n) is 5.94. The number of nitrogens with one attached hydrogen (secondary N) is 1. The zero-order valence-corrected chi connectivity index (χ0v) is 11.3. The maximum absolute atomic E-state index is 5.37. The highest BCUT2D eigenvalue weighted by molar-refractivity contribution is 7.71. The second-order valence-electron chi connectivity index (χ2n) is 4.22. The minimum Gasteiger partial charge on any atom is -0.497 e. The molecule has 0 unspecified atom stereocenters. The number of fused-ring (bicyclic) bond motifs is 1. The molecule has 2 aromatic heterocycles. The highest BCUT2D eigenvalue weighted by Gasteiger charge is 2.06. The third kappa shape index (κ3) is 2.24. The molecule has 5 heteroatoms. The summed E-state index contributed by atoms with van der Waals surface area (Å²) in [5.41, 5.74) is 3.00. The first-order chi connectivity index (χ1) is 9.28. The highest BCUT2D eigenvalue weighted by atomic mass is 32.1. The molecule has 0 aliphatic carbocycles. The number of benzene rings is 1. The van der Waals surface area contributed by atoms with Crippen molar-refractivity contribution in [2.75, 3.05) is 7.11 Å². The van der Waals surface area contributed by atoms with Crippen molar-refractivity contribution >= 4 is 23.3 Å². The molecule has 0 saturated carbocycles. The number of hydrogen-bond acceptors (Lipinski definition) is 3. The first-order valence-corrected chi connectivity index (χ1v) is 6.35. The van der Waals surface area contributed by atoms with Crippen LogP contribution in [-0.2, 0) is 6.54 Å². The van der Waals surface area contributed by atoms with E-state index in [1.54, 1.807) is 13.3 Å². The molecule has 1 N–H and O–H groups in total. The van der Waals surface area contributed by atoms with Crippen molar-refractivity contribution in [3.05, 3.63) is 53.1 Å². The summed E-state index contributed by atoms with van der Waals surface area (Å²) in [5.74, 6) is 0.816. The topological polar surface area (TPSA) is 42.8 Å². The molecule has 1 aromatic carbocycles. The van der Waals surface area contributed by atoms with Crippen LogP contribution in [0.4, 0.5) is 0 Å². The highest BCUT2D eigenvalue weighted by Crippen LogP contribution is 2.21. The quantitative estimate of drug-likeness (QED) is 0.744. The molecule has 0 radical (unpaired) electrons. The Balaban J connectivity index is 2.12. The van der Waals surface area contributed by atoms with Crippen LogP contribution in [-0.4, -0.2) is 21.6 Å². The van der Waals surface area contributed by atoms with Crippen LogP contribution in [0.25, 0.3) is 11.0 Å². The summed E-state index contributed by atoms with van der Waals surface area (Å²) in [5, 5.41) is 0. The maximum atomic E-state index is 5.37. The smallest absolute Gasteiger partial charge is 0.178 e. The Kier molecular flexibility index (Phi) is 3.05. The lowest BCUT2D eigenvalue weighted by Crippen LogP contribution is -2.01. The van der Waals surface area contributed by atoms with E-state index in [1.165, 1.54) is 0 Å². The van der Waals surface area contributed by atoms with Crippen LogP contribution in [0.5, 0.6) is 5.75 Å². The van der Waals surface area contributed by atoms with Crippen molar-refractivity contribution in [1.29, 1.82) is 0 Å². The summed E-state index contributed by atoms with van der Waals surface area (Å²) in [6, 6.07) is 11.7. The SMILES string of the molecule is COc1ccc2[nH]c(=S)n(Cc3ccccn3)c2c1. The van der Waals surface area contributed by atoms with E-state index >= 15 is 0 Å². The normalized spacial score (nSPS) is 10.8. The predicted molar refractivity (Wildman–Crippen MR) is 77.0 cm³/mol. The number of pyridine rings is 1. The van der Waals surface area contributed by atoms with Gasteiger partial charge in [-0.25, -0.2) is 0 Å². The van der Waals surface area contributed by atoms with Crippen molar-refractivity contribution < 1.29 is 4.74 Å². The van der Waals surface area contributed by atoms with Crippen LogP contribution in [0.1, 0.15) is 5.69 Å². The molecule has 0 aliphatic heterocycles. The lowest BCUT2D eigenvalue weighted by Gasteiger charge is -2.05. The first kappa shape index (κ1) is 11.9. The van der Waals surface area contributed by atoms with Gasteiger partial charge in [-0.1, -0.05) is 6.07 Å². The number of aromatic amines is 1. The molecule has 2 heterocycles. The van der Waals surface area contributed by atoms with E-state index in [0.717, 1.165) is 22.5 Å². The van der Waals surface area contributed by atoms with Gasteiger partial charge in [0.1, 0.15) is 5.75 Å². The summed E-state index contributed by atoms with van der Waals surface area (Å²) >= 11 is 5.37. The number of aromatic nitrogens is 3. The number of ether oxygens (including phenoxy) is 1. The van der Waals surface area contributed by atoms with E-state index in [-0.39, 0.29) is 0 Å². The molecule has 0 saturated heterocycles. The molecule has 0 spiro atoms. The fraction of sp³-hybridized carbons (Fsp3) is 0.143. The second-order valence-corrected chi connectivity index (χ2v) is 4.61. The molecule has 96 valence electrons. The molecular formula is C14H13N3OS. The largest absolute Gasteiger partial charge is 0.497 e. The zero-order chi connectivity index (χ0) is 13.2. The summed E-state index contributed by atoms with van der Waals surface area (Å²) < 4.78 is 7.97. The van der Waals surface area contributed by atoms with Gasteiger partial charge in [0.2, 0.25) is 0 Å². The van der Waals surface area contributed by atoms with Crippen molar-refractivity contribution in [3.8, 4) is 5.75 Å². The van der Waals surface area contributed by atoms with Crippen molar-refractivity contribution in [1.82, 2.24) is 14.5 Å². The standard InChI is InChI=1S/C14H13N3OS/c1-18-11-5-6-12-13(8-11)17(14(19)16-12)9-10-4-2-3-7-15-10/h2-8H,9H2,1H3,(H,16,19). The van der Waals surface area contributed by atoms with Crippen LogP contribution in [0.2, 0.25) is 0 Å². The molecule has 0 bridgehead atoms. The van der Waals surface area contributed by atoms with Crippen LogP contribution < -0.4 is 4.74 Å². The summed E-state index contributed by atoms with van der Waals surface area (Å²) in [7, 11) is 1.66. The van der Waals surface area contributed by atoms with E-state index in [4.69, 9.17) is 17.0 Å². The molecule has 0 fully saturated rings. The van der Waals surface area contributed by atoms with Crippen LogP contribution in [0.3, 0.4) is 0 Å². The van der Waals surface area contributed by atoms with E-state index in [2.05, 4.69) is 9.97 Å². The fourth-order valence-corrected chi connectivity index (χ4v) is 2.34. The lowest BCUT2D eigenvalue weighted by molar-refractivity contribution is 0.415. The minimum atomic E-state index is 0.646. The van der Waals surface area contributed by atoms with Crippen LogP contribution >= 0.6 is 12.2 Å². The van der Waals surface area contributed by atoms with Gasteiger partial charge < -0.3 is 14.3 Å². The molecule has 0 amide bonds. The molecule has 0 atom stereocenters. The van der Waals surface area contributed by atoms with Crippen LogP contribution in [0, 0.1) is 4.77 Å². The van der Waals surface area contributed by atoms with Gasteiger partial charge in [-0.05, 0) is 36.5 Å². The Morgan fingerprint density at radius 1 is 1.32 bits per heavy atom. The number of methoxy groups -OCH3 is 1. The van der Waals surface area contributed by atoms with Gasteiger partial charge in [0.15, 0.2) is 4.77 Å². The predicted octanol–water partition coefficient (Wildman–Crippen LogP) is 3.15. The second kappa shape index (κ2) is 4.85. The van der Waals surface area contributed by atoms with Gasteiger partial charge in [-0.2, -0.15) is 0 Å². The number of H-pyrrole nitrogens is 1. The van der Waals surface area contributed by atoms with E-state index in [0.29, 0.717) is 11.3 Å². The summed E-state index contributed by atoms with van der Waals surface area (Å²) in [6.45, 7) is 0.646. The Bertz CT molecular complexity index is 761. The Labute approximate surface area is 115 Å². The number of imidazole rings is 1. The molecule has 19 heavy (non-hydrogen) atoms. The summed E-state index contributed by atoms with van der Waals surface area (Å²) in [6.07, 6.45) is 1.79. The van der Waals surface area contributed by atoms with Gasteiger partial charge >= 0.3 is 0 Å². The number of rotatable bonds is 3. The zero-order valence-electron chi connectivity index (χ0n) is 10.5. The Morgan fingerprint density at radius 2 is 2.21 bits per heavy atom. The van der Waals surface area contributed by atoms with E-state index in [1.807, 2.05) is 41.0 Å². The Hall–Kier alpha value is -2.14. The van der Waals surface area contributed by atoms with Gasteiger partial charge in [-0.3, -0.25) is 4.98 Å². The lowest BCUT2D eigenvalue weighted by atomic mass is 10.3. The Morgan fingerprint density at radius 3 is 2.95 bits per heavy atom. The third-order valence-electron chi connectivity index (χ3n) is 3.03. The third-order valence-corrected chi connectivity index (χ3v) is 3.35. The van der Waals surface area contributed by atoms with Crippen molar-refractivity contribution in [2.45, 2.75) is 6.54 Å². The molecule has 3 rings (SSSR count). The molecule has 0 aliphatic rings. The van der Waals surface area contributed by atoms with Gasteiger partial charge in [-0.15, -0.1) is 0 Å². The average Bonchev–Trinajstić information content (AvgIpc) is 2.76.